The number of urea groups is 1. The van der Waals surface area contributed by atoms with Crippen molar-refractivity contribution in [1.82, 2.24) is 0 Å². The van der Waals surface area contributed by atoms with Crippen LogP contribution in [0.2, 0.25) is 0 Å². The number of aromatic hydroxyl groups is 1. The number of nitro benzene ring substituents is 1. The third-order valence-corrected chi connectivity index (χ3v) is 3.41. The van der Waals surface area contributed by atoms with Crippen molar-refractivity contribution < 1.29 is 37.9 Å². The second-order valence-corrected chi connectivity index (χ2v) is 5.14. The first kappa shape index (κ1) is 19.5. The Balaban J connectivity index is 2.72. The molecule has 0 atom stereocenters. The lowest BCUT2D eigenvalue weighted by Crippen LogP contribution is -2.32. The lowest BCUT2D eigenvalue weighted by molar-refractivity contribution is -0.385. The second-order valence-electron chi connectivity index (χ2n) is 5.14. The molecule has 142 valence electrons. The van der Waals surface area contributed by atoms with Crippen molar-refractivity contribution in [1.29, 1.82) is 0 Å². The molecule has 0 unspecified atom stereocenters. The van der Waals surface area contributed by atoms with Crippen LogP contribution in [0.15, 0.2) is 36.4 Å². The topological polar surface area (TPSA) is 147 Å². The quantitative estimate of drug-likeness (QED) is 0.544. The van der Waals surface area contributed by atoms with Gasteiger partial charge in [-0.05, 0) is 24.3 Å². The van der Waals surface area contributed by atoms with Gasteiger partial charge < -0.3 is 15.9 Å². The van der Waals surface area contributed by atoms with E-state index in [2.05, 4.69) is 0 Å². The zero-order valence-electron chi connectivity index (χ0n) is 13.1. The Labute approximate surface area is 148 Å². The van der Waals surface area contributed by atoms with Crippen molar-refractivity contribution >= 4 is 29.1 Å². The number of hydrogen-bond donors (Lipinski definition) is 3. The molecule has 2 amide bonds. The van der Waals surface area contributed by atoms with Gasteiger partial charge in [-0.15, -0.1) is 0 Å². The number of carbonyl (C=O) groups is 2. The largest absolute Gasteiger partial charge is 0.505 e. The standard InChI is InChI=1S/C15H10F3N3O6/c16-15(17,18)7-2-1-3-8(4-7)20(14(19)25)11-5-9(13(23)24)10(21(26)27)6-12(11)22/h1-6,22H,(H2,19,25)(H,23,24). The van der Waals surface area contributed by atoms with Gasteiger partial charge in [-0.3, -0.25) is 15.0 Å². The van der Waals surface area contributed by atoms with E-state index in [0.29, 0.717) is 23.1 Å². The van der Waals surface area contributed by atoms with E-state index in [0.717, 1.165) is 18.2 Å². The lowest BCUT2D eigenvalue weighted by Gasteiger charge is -2.23. The van der Waals surface area contributed by atoms with Gasteiger partial charge in [0, 0.05) is 0 Å². The molecule has 0 fully saturated rings. The fourth-order valence-corrected chi connectivity index (χ4v) is 2.27. The van der Waals surface area contributed by atoms with Crippen molar-refractivity contribution in [2.24, 2.45) is 5.73 Å². The maximum Gasteiger partial charge on any atom is 0.416 e. The highest BCUT2D eigenvalue weighted by Gasteiger charge is 2.32. The molecule has 0 bridgehead atoms. The highest BCUT2D eigenvalue weighted by atomic mass is 19.4. The van der Waals surface area contributed by atoms with E-state index in [-0.39, 0.29) is 0 Å². The molecular weight excluding hydrogens is 375 g/mol. The number of aromatic carboxylic acids is 1. The van der Waals surface area contributed by atoms with Crippen LogP contribution in [0.5, 0.6) is 5.75 Å². The second kappa shape index (κ2) is 6.82. The highest BCUT2D eigenvalue weighted by molar-refractivity contribution is 6.02. The normalized spacial score (nSPS) is 11.1. The molecule has 4 N–H and O–H groups in total. The molecule has 2 rings (SSSR count). The van der Waals surface area contributed by atoms with Gasteiger partial charge in [0.1, 0.15) is 11.3 Å². The summed E-state index contributed by atoms with van der Waals surface area (Å²) in [5.74, 6) is -2.68. The predicted molar refractivity (Wildman–Crippen MR) is 84.9 cm³/mol. The van der Waals surface area contributed by atoms with Gasteiger partial charge in [0.15, 0.2) is 0 Å². The molecule has 0 saturated heterocycles. The van der Waals surface area contributed by atoms with E-state index >= 15 is 0 Å². The van der Waals surface area contributed by atoms with Crippen molar-refractivity contribution in [2.75, 3.05) is 4.90 Å². The van der Waals surface area contributed by atoms with Gasteiger partial charge in [0.25, 0.3) is 5.69 Å². The third-order valence-electron chi connectivity index (χ3n) is 3.41. The van der Waals surface area contributed by atoms with Crippen LogP contribution in [-0.2, 0) is 6.18 Å². The molecule has 12 heteroatoms. The van der Waals surface area contributed by atoms with E-state index < -0.39 is 57.0 Å². The predicted octanol–water partition coefficient (Wildman–Crippen LogP) is 3.23. The summed E-state index contributed by atoms with van der Waals surface area (Å²) in [4.78, 5) is 33.3. The summed E-state index contributed by atoms with van der Waals surface area (Å²) >= 11 is 0. The van der Waals surface area contributed by atoms with E-state index in [1.54, 1.807) is 0 Å². The van der Waals surface area contributed by atoms with Crippen LogP contribution in [-0.4, -0.2) is 27.1 Å². The number of phenols is 1. The van der Waals surface area contributed by atoms with Gasteiger partial charge in [0.2, 0.25) is 0 Å². The summed E-state index contributed by atoms with van der Waals surface area (Å²) in [6, 6.07) is 2.97. The van der Waals surface area contributed by atoms with Gasteiger partial charge in [-0.1, -0.05) is 6.07 Å². The number of primary amides is 1. The van der Waals surface area contributed by atoms with Gasteiger partial charge in [-0.25, -0.2) is 9.59 Å². The van der Waals surface area contributed by atoms with Gasteiger partial charge in [-0.2, -0.15) is 13.2 Å². The van der Waals surface area contributed by atoms with Crippen LogP contribution < -0.4 is 10.6 Å². The van der Waals surface area contributed by atoms with Crippen LogP contribution in [0.25, 0.3) is 0 Å². The number of nitrogens with two attached hydrogens (primary N) is 1. The molecule has 0 aliphatic heterocycles. The molecule has 0 spiro atoms. The first-order valence-corrected chi connectivity index (χ1v) is 6.95. The van der Waals surface area contributed by atoms with Crippen LogP contribution in [0, 0.1) is 10.1 Å². The molecule has 0 aliphatic rings. The summed E-state index contributed by atoms with van der Waals surface area (Å²) in [5, 5.41) is 30.0. The van der Waals surface area contributed by atoms with Crippen LogP contribution in [0.1, 0.15) is 15.9 Å². The number of halogens is 3. The Morgan fingerprint density at radius 1 is 1.19 bits per heavy atom. The number of hydrogen-bond acceptors (Lipinski definition) is 5. The molecule has 0 heterocycles. The minimum absolute atomic E-state index is 0.404. The molecule has 0 aromatic heterocycles. The smallest absolute Gasteiger partial charge is 0.416 e. The van der Waals surface area contributed by atoms with E-state index in [9.17, 15) is 38.0 Å². The summed E-state index contributed by atoms with van der Waals surface area (Å²) in [6.07, 6.45) is -4.75. The van der Waals surface area contributed by atoms with Gasteiger partial charge in [0.05, 0.1) is 27.9 Å². The number of benzene rings is 2. The molecule has 0 saturated carbocycles. The van der Waals surface area contributed by atoms with Crippen LogP contribution in [0.4, 0.5) is 35.0 Å². The molecule has 0 radical (unpaired) electrons. The number of amides is 2. The molecule has 27 heavy (non-hydrogen) atoms. The minimum atomic E-state index is -4.75. The Bertz CT molecular complexity index is 945. The number of alkyl halides is 3. The number of nitrogens with zero attached hydrogens (tertiary/aromatic N) is 2. The number of carbonyl (C=O) groups excluding carboxylic acids is 1. The zero-order chi connectivity index (χ0) is 20.5. The molecule has 9 nitrogen and oxygen atoms in total. The Morgan fingerprint density at radius 3 is 2.30 bits per heavy atom. The van der Waals surface area contributed by atoms with Gasteiger partial charge >= 0.3 is 18.2 Å². The summed E-state index contributed by atoms with van der Waals surface area (Å²) in [5.41, 5.74) is 1.09. The van der Waals surface area contributed by atoms with E-state index in [1.807, 2.05) is 0 Å². The average Bonchev–Trinajstić information content (AvgIpc) is 2.55. The van der Waals surface area contributed by atoms with Crippen molar-refractivity contribution in [3.8, 4) is 5.75 Å². The highest BCUT2D eigenvalue weighted by Crippen LogP contribution is 2.39. The van der Waals surface area contributed by atoms with Crippen LogP contribution in [0.3, 0.4) is 0 Å². The number of rotatable bonds is 4. The SMILES string of the molecule is NC(=O)N(c1cccc(C(F)(F)F)c1)c1cc(C(=O)O)c([N+](=O)[O-])cc1O. The minimum Gasteiger partial charge on any atom is -0.505 e. The Hall–Kier alpha value is -3.83. The fourth-order valence-electron chi connectivity index (χ4n) is 2.27. The third kappa shape index (κ3) is 3.89. The average molecular weight is 385 g/mol. The van der Waals surface area contributed by atoms with Crippen molar-refractivity contribution in [2.45, 2.75) is 6.18 Å². The number of phenolic OH excluding ortho intramolecular Hbond substituents is 1. The summed E-state index contributed by atoms with van der Waals surface area (Å²) < 4.78 is 38.7. The first-order valence-electron chi connectivity index (χ1n) is 6.95. The van der Waals surface area contributed by atoms with E-state index in [1.165, 1.54) is 0 Å². The molecular formula is C15H10F3N3O6. The van der Waals surface area contributed by atoms with Crippen LogP contribution >= 0.6 is 0 Å². The molecule has 2 aromatic carbocycles. The maximum atomic E-state index is 12.9. The fraction of sp³-hybridized carbons (Fsp3) is 0.0667. The monoisotopic (exact) mass is 385 g/mol. The van der Waals surface area contributed by atoms with E-state index in [4.69, 9.17) is 10.8 Å². The Kier molecular flexibility index (Phi) is 4.92. The maximum absolute atomic E-state index is 12.9. The first-order chi connectivity index (χ1) is 12.4. The number of carboxylic acids is 1. The van der Waals surface area contributed by atoms with Crippen molar-refractivity contribution in [3.05, 3.63) is 57.6 Å². The zero-order valence-corrected chi connectivity index (χ0v) is 13.1. The number of nitro groups is 1. The number of anilines is 2. The molecule has 2 aromatic rings. The lowest BCUT2D eigenvalue weighted by atomic mass is 10.1. The van der Waals surface area contributed by atoms with Crippen molar-refractivity contribution in [3.63, 3.8) is 0 Å². The summed E-state index contributed by atoms with van der Waals surface area (Å²) in [6.45, 7) is 0. The number of carboxylic acid groups (broad SMARTS) is 1. The summed E-state index contributed by atoms with van der Waals surface area (Å²) in [7, 11) is 0. The molecule has 0 aliphatic carbocycles. The Morgan fingerprint density at radius 2 is 1.81 bits per heavy atom.